The van der Waals surface area contributed by atoms with Crippen LogP contribution in [0.3, 0.4) is 0 Å². The zero-order valence-electron chi connectivity index (χ0n) is 29.9. The number of aromatic amines is 2. The Morgan fingerprint density at radius 3 is 2.02 bits per heavy atom. The second-order valence-corrected chi connectivity index (χ2v) is 13.7. The molecule has 2 fully saturated rings. The zero-order chi connectivity index (χ0) is 37.1. The molecule has 13 nitrogen and oxygen atoms in total. The number of rotatable bonds is 10. The summed E-state index contributed by atoms with van der Waals surface area (Å²) in [5, 5.41) is 12.3. The van der Waals surface area contributed by atoms with Crippen LogP contribution in [0.25, 0.3) is 33.6 Å². The molecule has 0 spiro atoms. The van der Waals surface area contributed by atoms with E-state index in [1.807, 2.05) is 86.6 Å². The molecule has 274 valence electrons. The number of benzene rings is 3. The van der Waals surface area contributed by atoms with Gasteiger partial charge in [-0.2, -0.15) is 0 Å². The molecular weight excluding hydrogens is 674 g/mol. The summed E-state index contributed by atoms with van der Waals surface area (Å²) in [4.78, 5) is 56.6. The summed E-state index contributed by atoms with van der Waals surface area (Å²) in [7, 11) is 1.28. The Hall–Kier alpha value is -6.11. The monoisotopic (exact) mass is 717 g/mol. The molecule has 0 aliphatic carbocycles. The molecule has 2 aliphatic heterocycles. The van der Waals surface area contributed by atoms with E-state index in [4.69, 9.17) is 14.5 Å². The molecule has 2 aromatic heterocycles. The number of para-hydroxylation sites is 1. The van der Waals surface area contributed by atoms with Crippen LogP contribution in [0.15, 0.2) is 85.2 Å². The number of carbonyl (C=O) groups is 3. The molecule has 2 aliphatic rings. The van der Waals surface area contributed by atoms with E-state index in [-0.39, 0.29) is 23.9 Å². The Balaban J connectivity index is 1.14. The van der Waals surface area contributed by atoms with Gasteiger partial charge in [0.2, 0.25) is 5.91 Å². The van der Waals surface area contributed by atoms with E-state index in [2.05, 4.69) is 20.3 Å². The van der Waals surface area contributed by atoms with Crippen molar-refractivity contribution in [2.75, 3.05) is 20.2 Å². The van der Waals surface area contributed by atoms with E-state index in [1.54, 1.807) is 17.3 Å². The summed E-state index contributed by atoms with van der Waals surface area (Å²) in [5.41, 5.74) is 5.24. The van der Waals surface area contributed by atoms with Gasteiger partial charge in [0.25, 0.3) is 0 Å². The lowest BCUT2D eigenvalue weighted by Gasteiger charge is -2.30. The van der Waals surface area contributed by atoms with Gasteiger partial charge in [-0.05, 0) is 67.0 Å². The fourth-order valence-electron chi connectivity index (χ4n) is 7.24. The standard InChI is InChI=1S/C40H43N7O6/c1-24(2)35(45-39(49)52-3)38(48)46-19-7-11-32(46)36-42-23-31(44-36)27-17-18-29(34(21-27)53-28-9-5-4-6-10-28)25-13-15-26(16-14-25)30-22-41-37(43-30)33-12-8-20-47(33)40(50)51/h4-6,9-10,13-18,21-24,32-33,35H,7-8,11-12,19-20H2,1-3H3,(H,41,43)(H,42,44)(H,45,49)(H,50,51). The molecule has 3 aromatic carbocycles. The van der Waals surface area contributed by atoms with Gasteiger partial charge in [-0.3, -0.25) is 9.69 Å². The molecule has 4 N–H and O–H groups in total. The smallest absolute Gasteiger partial charge is 0.407 e. The van der Waals surface area contributed by atoms with E-state index in [1.165, 1.54) is 12.0 Å². The van der Waals surface area contributed by atoms with Crippen LogP contribution in [-0.2, 0) is 9.53 Å². The van der Waals surface area contributed by atoms with E-state index in [9.17, 15) is 19.5 Å². The maximum atomic E-state index is 13.7. The number of methoxy groups -OCH3 is 1. The van der Waals surface area contributed by atoms with Gasteiger partial charge in [0.05, 0.1) is 43.0 Å². The number of nitrogens with one attached hydrogen (secondary N) is 3. The highest BCUT2D eigenvalue weighted by Crippen LogP contribution is 2.39. The molecular formula is C40H43N7O6. The molecule has 5 aromatic rings. The van der Waals surface area contributed by atoms with E-state index >= 15 is 0 Å². The first kappa shape index (κ1) is 35.3. The first-order valence-corrected chi connectivity index (χ1v) is 17.9. The first-order chi connectivity index (χ1) is 25.7. The van der Waals surface area contributed by atoms with Crippen LogP contribution >= 0.6 is 0 Å². The van der Waals surface area contributed by atoms with E-state index < -0.39 is 18.2 Å². The molecule has 3 unspecified atom stereocenters. The van der Waals surface area contributed by atoms with Gasteiger partial charge in [-0.1, -0.05) is 62.4 Å². The number of carboxylic acid groups (broad SMARTS) is 1. The molecule has 7 rings (SSSR count). The SMILES string of the molecule is COC(=O)NC(C(=O)N1CCCC1c1ncc(-c2ccc(-c3ccc(-c4cnc(C5CCCN5C(=O)O)[nH]4)cc3)c(Oc3ccccc3)c2)[nH]1)C(C)C. The van der Waals surface area contributed by atoms with Crippen molar-refractivity contribution in [3.05, 3.63) is 96.8 Å². The lowest BCUT2D eigenvalue weighted by molar-refractivity contribution is -0.135. The zero-order valence-corrected chi connectivity index (χ0v) is 29.9. The topological polar surface area (TPSA) is 166 Å². The molecule has 3 amide bonds. The molecule has 53 heavy (non-hydrogen) atoms. The van der Waals surface area contributed by atoms with Crippen LogP contribution in [0.5, 0.6) is 11.5 Å². The minimum Gasteiger partial charge on any atom is -0.465 e. The third kappa shape index (κ3) is 7.46. The number of amides is 3. The number of carbonyl (C=O) groups excluding carboxylic acids is 2. The summed E-state index contributed by atoms with van der Waals surface area (Å²) < 4.78 is 11.2. The predicted octanol–water partition coefficient (Wildman–Crippen LogP) is 7.79. The van der Waals surface area contributed by atoms with Crippen molar-refractivity contribution >= 4 is 18.1 Å². The van der Waals surface area contributed by atoms with Crippen LogP contribution in [0.2, 0.25) is 0 Å². The van der Waals surface area contributed by atoms with Crippen LogP contribution in [-0.4, -0.2) is 79.2 Å². The Morgan fingerprint density at radius 1 is 0.811 bits per heavy atom. The molecule has 2 saturated heterocycles. The third-order valence-electron chi connectivity index (χ3n) is 10.0. The number of aromatic nitrogens is 4. The highest BCUT2D eigenvalue weighted by atomic mass is 16.5. The van der Waals surface area contributed by atoms with Crippen molar-refractivity contribution in [1.29, 1.82) is 0 Å². The number of nitrogens with zero attached hydrogens (tertiary/aromatic N) is 4. The lowest BCUT2D eigenvalue weighted by atomic mass is 10.00. The van der Waals surface area contributed by atoms with Gasteiger partial charge in [-0.25, -0.2) is 19.6 Å². The number of imidazole rings is 2. The number of hydrogen-bond acceptors (Lipinski definition) is 7. The third-order valence-corrected chi connectivity index (χ3v) is 10.0. The average molecular weight is 718 g/mol. The van der Waals surface area contributed by atoms with Gasteiger partial charge >= 0.3 is 12.2 Å². The lowest BCUT2D eigenvalue weighted by Crippen LogP contribution is -2.51. The summed E-state index contributed by atoms with van der Waals surface area (Å²) in [6, 6.07) is 22.5. The van der Waals surface area contributed by atoms with Gasteiger partial charge in [0.1, 0.15) is 29.2 Å². The van der Waals surface area contributed by atoms with E-state index in [0.29, 0.717) is 36.2 Å². The van der Waals surface area contributed by atoms with Crippen molar-refractivity contribution < 1.29 is 29.0 Å². The van der Waals surface area contributed by atoms with Crippen molar-refractivity contribution in [1.82, 2.24) is 35.1 Å². The van der Waals surface area contributed by atoms with Crippen molar-refractivity contribution in [3.63, 3.8) is 0 Å². The molecule has 3 atom stereocenters. The average Bonchev–Trinajstić information content (AvgIpc) is 4.00. The Kier molecular flexibility index (Phi) is 10.2. The second kappa shape index (κ2) is 15.2. The van der Waals surface area contributed by atoms with Gasteiger partial charge in [-0.15, -0.1) is 0 Å². The largest absolute Gasteiger partial charge is 0.465 e. The summed E-state index contributed by atoms with van der Waals surface area (Å²) in [6.45, 7) is 4.87. The fourth-order valence-corrected chi connectivity index (χ4v) is 7.24. The van der Waals surface area contributed by atoms with Gasteiger partial charge < -0.3 is 34.8 Å². The quantitative estimate of drug-likeness (QED) is 0.114. The number of ether oxygens (including phenoxy) is 2. The molecule has 4 heterocycles. The van der Waals surface area contributed by atoms with Crippen LogP contribution < -0.4 is 10.1 Å². The fraction of sp³-hybridized carbons (Fsp3) is 0.325. The number of alkyl carbamates (subject to hydrolysis) is 1. The second-order valence-electron chi connectivity index (χ2n) is 13.7. The minimum absolute atomic E-state index is 0.125. The molecule has 0 radical (unpaired) electrons. The molecule has 13 heteroatoms. The summed E-state index contributed by atoms with van der Waals surface area (Å²) in [5.74, 6) is 2.40. The van der Waals surface area contributed by atoms with E-state index in [0.717, 1.165) is 59.3 Å². The number of H-pyrrole nitrogens is 2. The predicted molar refractivity (Wildman–Crippen MR) is 198 cm³/mol. The van der Waals surface area contributed by atoms with Crippen LogP contribution in [0.1, 0.15) is 63.3 Å². The van der Waals surface area contributed by atoms with Crippen molar-refractivity contribution in [2.45, 2.75) is 57.7 Å². The van der Waals surface area contributed by atoms with Gasteiger partial charge in [0.15, 0.2) is 0 Å². The number of likely N-dealkylation sites (tertiary alicyclic amines) is 2. The number of hydrogen-bond donors (Lipinski definition) is 4. The van der Waals surface area contributed by atoms with Crippen molar-refractivity contribution in [3.8, 4) is 45.1 Å². The normalized spacial score (nSPS) is 17.6. The Morgan fingerprint density at radius 2 is 1.40 bits per heavy atom. The minimum atomic E-state index is -0.930. The highest BCUT2D eigenvalue weighted by molar-refractivity contribution is 5.86. The van der Waals surface area contributed by atoms with Crippen LogP contribution in [0.4, 0.5) is 9.59 Å². The summed E-state index contributed by atoms with van der Waals surface area (Å²) >= 11 is 0. The Labute approximate surface area is 307 Å². The van der Waals surface area contributed by atoms with Crippen LogP contribution in [0, 0.1) is 5.92 Å². The van der Waals surface area contributed by atoms with Gasteiger partial charge in [0, 0.05) is 24.2 Å². The molecule has 0 bridgehead atoms. The Bertz CT molecular complexity index is 2080. The maximum absolute atomic E-state index is 13.7. The summed E-state index contributed by atoms with van der Waals surface area (Å²) in [6.07, 6.45) is 5.09. The maximum Gasteiger partial charge on any atom is 0.407 e. The first-order valence-electron chi connectivity index (χ1n) is 17.9. The highest BCUT2D eigenvalue weighted by Gasteiger charge is 2.37. The van der Waals surface area contributed by atoms with Crippen molar-refractivity contribution in [2.24, 2.45) is 5.92 Å². The molecule has 0 saturated carbocycles.